The van der Waals surface area contributed by atoms with E-state index in [-0.39, 0.29) is 6.54 Å². The Labute approximate surface area is 136 Å². The molecule has 2 aromatic rings. The summed E-state index contributed by atoms with van der Waals surface area (Å²) in [4.78, 5) is 12.9. The van der Waals surface area contributed by atoms with Gasteiger partial charge in [0, 0.05) is 14.1 Å². The van der Waals surface area contributed by atoms with E-state index in [2.05, 4.69) is 0 Å². The first-order valence-electron chi connectivity index (χ1n) is 7.49. The van der Waals surface area contributed by atoms with E-state index in [9.17, 15) is 10.0 Å². The Kier molecular flexibility index (Phi) is 6.00. The summed E-state index contributed by atoms with van der Waals surface area (Å²) in [6.45, 7) is 0.781. The fourth-order valence-corrected chi connectivity index (χ4v) is 2.05. The van der Waals surface area contributed by atoms with Crippen LogP contribution in [-0.4, -0.2) is 41.8 Å². The van der Waals surface area contributed by atoms with Crippen molar-refractivity contribution < 1.29 is 14.7 Å². The SMILES string of the molecule is CN(C)C(=O)N(O)CCc1ccc(OCc2ccccc2)cc1. The van der Waals surface area contributed by atoms with Crippen molar-refractivity contribution in [2.45, 2.75) is 13.0 Å². The van der Waals surface area contributed by atoms with Crippen LogP contribution in [0, 0.1) is 0 Å². The van der Waals surface area contributed by atoms with Gasteiger partial charge < -0.3 is 9.64 Å². The first-order valence-corrected chi connectivity index (χ1v) is 7.49. The lowest BCUT2D eigenvalue weighted by Gasteiger charge is -2.19. The Bertz CT molecular complexity index is 612. The summed E-state index contributed by atoms with van der Waals surface area (Å²) < 4.78 is 5.72. The number of rotatable bonds is 6. The van der Waals surface area contributed by atoms with Gasteiger partial charge in [-0.3, -0.25) is 5.21 Å². The Balaban J connectivity index is 1.81. The normalized spacial score (nSPS) is 10.2. The van der Waals surface area contributed by atoms with Crippen LogP contribution in [-0.2, 0) is 13.0 Å². The molecule has 0 aliphatic heterocycles. The number of carbonyl (C=O) groups is 1. The molecule has 0 aromatic heterocycles. The van der Waals surface area contributed by atoms with E-state index in [0.717, 1.165) is 21.9 Å². The molecule has 2 amide bonds. The number of carbonyl (C=O) groups excluding carboxylic acids is 1. The van der Waals surface area contributed by atoms with Crippen LogP contribution in [0.25, 0.3) is 0 Å². The fraction of sp³-hybridized carbons (Fsp3) is 0.278. The molecule has 0 heterocycles. The smallest absolute Gasteiger partial charge is 0.343 e. The van der Waals surface area contributed by atoms with E-state index in [1.807, 2.05) is 54.6 Å². The maximum absolute atomic E-state index is 11.5. The largest absolute Gasteiger partial charge is 0.489 e. The number of hydrogen-bond donors (Lipinski definition) is 1. The van der Waals surface area contributed by atoms with Crippen LogP contribution in [0.4, 0.5) is 4.79 Å². The molecule has 0 spiro atoms. The minimum absolute atomic E-state index is 0.251. The molecule has 2 rings (SSSR count). The first kappa shape index (κ1) is 16.8. The van der Waals surface area contributed by atoms with Crippen LogP contribution in [0.3, 0.4) is 0 Å². The highest BCUT2D eigenvalue weighted by atomic mass is 16.5. The van der Waals surface area contributed by atoms with Crippen molar-refractivity contribution in [3.05, 3.63) is 65.7 Å². The monoisotopic (exact) mass is 314 g/mol. The molecule has 122 valence electrons. The standard InChI is InChI=1S/C18H22N2O3/c1-19(2)18(21)20(22)13-12-15-8-10-17(11-9-15)23-14-16-6-4-3-5-7-16/h3-11,22H,12-14H2,1-2H3. The molecule has 2 aromatic carbocycles. The topological polar surface area (TPSA) is 53.0 Å². The lowest BCUT2D eigenvalue weighted by atomic mass is 10.1. The maximum Gasteiger partial charge on any atom is 0.343 e. The molecule has 0 saturated heterocycles. The van der Waals surface area contributed by atoms with Gasteiger partial charge in [0.15, 0.2) is 0 Å². The summed E-state index contributed by atoms with van der Waals surface area (Å²) in [5.74, 6) is 0.794. The van der Waals surface area contributed by atoms with Gasteiger partial charge in [-0.15, -0.1) is 0 Å². The summed E-state index contributed by atoms with van der Waals surface area (Å²) in [5, 5.41) is 10.4. The summed E-state index contributed by atoms with van der Waals surface area (Å²) in [6.07, 6.45) is 0.578. The molecule has 0 bridgehead atoms. The molecule has 23 heavy (non-hydrogen) atoms. The highest BCUT2D eigenvalue weighted by Gasteiger charge is 2.12. The zero-order valence-corrected chi connectivity index (χ0v) is 13.5. The number of ether oxygens (including phenoxy) is 1. The Morgan fingerprint density at radius 3 is 2.26 bits per heavy atom. The van der Waals surface area contributed by atoms with E-state index in [1.54, 1.807) is 14.1 Å². The zero-order chi connectivity index (χ0) is 16.7. The van der Waals surface area contributed by atoms with E-state index >= 15 is 0 Å². The quantitative estimate of drug-likeness (QED) is 0.658. The zero-order valence-electron chi connectivity index (χ0n) is 13.5. The van der Waals surface area contributed by atoms with Crippen LogP contribution >= 0.6 is 0 Å². The molecule has 0 aliphatic rings. The number of benzene rings is 2. The average molecular weight is 314 g/mol. The van der Waals surface area contributed by atoms with Crippen molar-refractivity contribution in [3.8, 4) is 5.75 Å². The minimum atomic E-state index is -0.423. The third-order valence-corrected chi connectivity index (χ3v) is 3.39. The molecule has 0 fully saturated rings. The summed E-state index contributed by atoms with van der Waals surface area (Å²) in [5.41, 5.74) is 2.15. The third kappa shape index (κ3) is 5.30. The van der Waals surface area contributed by atoms with Crippen molar-refractivity contribution in [2.24, 2.45) is 0 Å². The maximum atomic E-state index is 11.5. The molecule has 0 unspecified atom stereocenters. The highest BCUT2D eigenvalue weighted by Crippen LogP contribution is 2.15. The minimum Gasteiger partial charge on any atom is -0.489 e. The molecule has 0 saturated carbocycles. The van der Waals surface area contributed by atoms with Gasteiger partial charge >= 0.3 is 6.03 Å². The number of hydroxylamine groups is 2. The predicted octanol–water partition coefficient (Wildman–Crippen LogP) is 3.18. The first-order chi connectivity index (χ1) is 11.1. The van der Waals surface area contributed by atoms with E-state index in [0.29, 0.717) is 13.0 Å². The highest BCUT2D eigenvalue weighted by molar-refractivity contribution is 5.72. The van der Waals surface area contributed by atoms with Crippen LogP contribution in [0.5, 0.6) is 5.75 Å². The molecular formula is C18H22N2O3. The average Bonchev–Trinajstić information content (AvgIpc) is 2.59. The van der Waals surface area contributed by atoms with E-state index in [4.69, 9.17) is 4.74 Å². The molecule has 1 N–H and O–H groups in total. The van der Waals surface area contributed by atoms with Gasteiger partial charge in [0.25, 0.3) is 0 Å². The van der Waals surface area contributed by atoms with Crippen LogP contribution in [0.2, 0.25) is 0 Å². The second kappa shape index (κ2) is 8.19. The number of urea groups is 1. The van der Waals surface area contributed by atoms with Crippen molar-refractivity contribution in [1.82, 2.24) is 9.96 Å². The van der Waals surface area contributed by atoms with Crippen molar-refractivity contribution in [3.63, 3.8) is 0 Å². The third-order valence-electron chi connectivity index (χ3n) is 3.39. The molecule has 0 aliphatic carbocycles. The van der Waals surface area contributed by atoms with Gasteiger partial charge in [-0.05, 0) is 29.7 Å². The number of hydrogen-bond acceptors (Lipinski definition) is 3. The summed E-state index contributed by atoms with van der Waals surface area (Å²) in [6, 6.07) is 17.2. The fourth-order valence-electron chi connectivity index (χ4n) is 2.05. The summed E-state index contributed by atoms with van der Waals surface area (Å²) >= 11 is 0. The van der Waals surface area contributed by atoms with Gasteiger partial charge in [0.1, 0.15) is 12.4 Å². The van der Waals surface area contributed by atoms with Gasteiger partial charge in [0.2, 0.25) is 0 Å². The molecule has 5 heteroatoms. The second-order valence-corrected chi connectivity index (χ2v) is 5.47. The Hall–Kier alpha value is -2.53. The lowest BCUT2D eigenvalue weighted by Crippen LogP contribution is -2.37. The predicted molar refractivity (Wildman–Crippen MR) is 88.5 cm³/mol. The number of nitrogens with zero attached hydrogens (tertiary/aromatic N) is 2. The van der Waals surface area contributed by atoms with Crippen LogP contribution in [0.15, 0.2) is 54.6 Å². The van der Waals surface area contributed by atoms with Crippen LogP contribution in [0.1, 0.15) is 11.1 Å². The molecular weight excluding hydrogens is 292 g/mol. The van der Waals surface area contributed by atoms with E-state index < -0.39 is 6.03 Å². The molecule has 0 atom stereocenters. The Morgan fingerprint density at radius 2 is 1.65 bits per heavy atom. The van der Waals surface area contributed by atoms with Crippen molar-refractivity contribution in [2.75, 3.05) is 20.6 Å². The van der Waals surface area contributed by atoms with Crippen molar-refractivity contribution >= 4 is 6.03 Å². The van der Waals surface area contributed by atoms with Gasteiger partial charge in [-0.25, -0.2) is 9.86 Å². The summed E-state index contributed by atoms with van der Waals surface area (Å²) in [7, 11) is 3.20. The lowest BCUT2D eigenvalue weighted by molar-refractivity contribution is -0.0516. The van der Waals surface area contributed by atoms with Gasteiger partial charge in [-0.1, -0.05) is 42.5 Å². The number of amides is 2. The van der Waals surface area contributed by atoms with Gasteiger partial charge in [0.05, 0.1) is 6.54 Å². The van der Waals surface area contributed by atoms with Crippen LogP contribution < -0.4 is 4.74 Å². The Morgan fingerprint density at radius 1 is 1.00 bits per heavy atom. The van der Waals surface area contributed by atoms with Crippen molar-refractivity contribution in [1.29, 1.82) is 0 Å². The molecule has 5 nitrogen and oxygen atoms in total. The van der Waals surface area contributed by atoms with E-state index in [1.165, 1.54) is 4.90 Å². The van der Waals surface area contributed by atoms with Gasteiger partial charge in [-0.2, -0.15) is 0 Å². The second-order valence-electron chi connectivity index (χ2n) is 5.47. The molecule has 0 radical (unpaired) electrons.